The molecule has 0 spiro atoms. The Morgan fingerprint density at radius 3 is 2.94 bits per heavy atom. The Hall–Kier alpha value is -2.11. The summed E-state index contributed by atoms with van der Waals surface area (Å²) in [4.78, 5) is 15.7. The van der Waals surface area contributed by atoms with E-state index >= 15 is 0 Å². The number of pyridine rings is 1. The number of carbonyl (C=O) groups excluding carboxylic acids is 1. The molecular formula is C12H17N5O. The van der Waals surface area contributed by atoms with Crippen LogP contribution in [0.5, 0.6) is 0 Å². The van der Waals surface area contributed by atoms with Gasteiger partial charge in [-0.3, -0.25) is 4.79 Å². The lowest BCUT2D eigenvalue weighted by atomic mass is 10.3. The van der Waals surface area contributed by atoms with Crippen molar-refractivity contribution in [2.45, 2.75) is 26.8 Å². The predicted octanol–water partition coefficient (Wildman–Crippen LogP) is 0.974. The summed E-state index contributed by atoms with van der Waals surface area (Å²) in [5.74, 6) is 0.388. The van der Waals surface area contributed by atoms with E-state index in [0.29, 0.717) is 5.95 Å². The van der Waals surface area contributed by atoms with Crippen LogP contribution in [-0.2, 0) is 4.79 Å². The van der Waals surface area contributed by atoms with E-state index in [9.17, 15) is 4.79 Å². The zero-order valence-electron chi connectivity index (χ0n) is 10.8. The van der Waals surface area contributed by atoms with Crippen molar-refractivity contribution in [2.24, 2.45) is 0 Å². The fourth-order valence-corrected chi connectivity index (χ4v) is 1.59. The molecule has 0 saturated heterocycles. The van der Waals surface area contributed by atoms with E-state index in [2.05, 4.69) is 20.7 Å². The first kappa shape index (κ1) is 12.3. The van der Waals surface area contributed by atoms with E-state index in [1.807, 2.05) is 39.1 Å². The van der Waals surface area contributed by atoms with Crippen molar-refractivity contribution >= 4 is 17.5 Å². The normalized spacial score (nSPS) is 10.9. The lowest BCUT2D eigenvalue weighted by molar-refractivity contribution is -0.119. The van der Waals surface area contributed by atoms with Crippen molar-refractivity contribution in [2.75, 3.05) is 11.9 Å². The summed E-state index contributed by atoms with van der Waals surface area (Å²) in [6.07, 6.45) is 1.89. The highest BCUT2D eigenvalue weighted by Gasteiger charge is 2.06. The van der Waals surface area contributed by atoms with Gasteiger partial charge in [0.1, 0.15) is 0 Å². The number of carbonyl (C=O) groups is 1. The summed E-state index contributed by atoms with van der Waals surface area (Å²) in [5.41, 5.74) is 1.86. The van der Waals surface area contributed by atoms with Gasteiger partial charge >= 0.3 is 0 Å². The first-order valence-corrected chi connectivity index (χ1v) is 5.91. The van der Waals surface area contributed by atoms with Gasteiger partial charge in [-0.25, -0.2) is 4.52 Å². The summed E-state index contributed by atoms with van der Waals surface area (Å²) < 4.78 is 1.69. The molecule has 2 rings (SSSR count). The maximum Gasteiger partial charge on any atom is 0.243 e. The van der Waals surface area contributed by atoms with E-state index in [-0.39, 0.29) is 18.5 Å². The highest BCUT2D eigenvalue weighted by Crippen LogP contribution is 2.06. The van der Waals surface area contributed by atoms with Gasteiger partial charge in [0, 0.05) is 12.2 Å². The second kappa shape index (κ2) is 5.03. The molecule has 0 unspecified atom stereocenters. The Morgan fingerprint density at radius 2 is 2.22 bits per heavy atom. The Bertz CT molecular complexity index is 561. The third kappa shape index (κ3) is 2.97. The molecule has 2 aromatic heterocycles. The Balaban J connectivity index is 2.02. The van der Waals surface area contributed by atoms with Crippen molar-refractivity contribution < 1.29 is 4.79 Å². The molecule has 0 atom stereocenters. The standard InChI is InChI=1S/C12H17N5O/c1-8(2)14-11(18)6-13-12-15-10-5-4-9(3)7-17(10)16-12/h4-5,7-8H,6H2,1-3H3,(H,13,16)(H,14,18). The maximum absolute atomic E-state index is 11.5. The highest BCUT2D eigenvalue weighted by molar-refractivity contribution is 5.80. The number of fused-ring (bicyclic) bond motifs is 1. The summed E-state index contributed by atoms with van der Waals surface area (Å²) in [7, 11) is 0. The molecule has 0 saturated carbocycles. The third-order valence-corrected chi connectivity index (χ3v) is 2.34. The van der Waals surface area contributed by atoms with E-state index in [0.717, 1.165) is 11.2 Å². The molecule has 2 N–H and O–H groups in total. The van der Waals surface area contributed by atoms with Gasteiger partial charge in [0.15, 0.2) is 5.65 Å². The van der Waals surface area contributed by atoms with Crippen molar-refractivity contribution in [3.05, 3.63) is 23.9 Å². The number of aryl methyl sites for hydroxylation is 1. The SMILES string of the molecule is Cc1ccc2nc(NCC(=O)NC(C)C)nn2c1. The lowest BCUT2D eigenvalue weighted by Crippen LogP contribution is -2.35. The minimum atomic E-state index is -0.0694. The molecule has 6 nitrogen and oxygen atoms in total. The fraction of sp³-hybridized carbons (Fsp3) is 0.417. The van der Waals surface area contributed by atoms with Crippen LogP contribution in [0.15, 0.2) is 18.3 Å². The van der Waals surface area contributed by atoms with Gasteiger partial charge in [0.25, 0.3) is 0 Å². The van der Waals surface area contributed by atoms with Crippen LogP contribution in [0.3, 0.4) is 0 Å². The number of amides is 1. The topological polar surface area (TPSA) is 71.3 Å². The molecule has 1 amide bonds. The first-order chi connectivity index (χ1) is 8.54. The molecule has 96 valence electrons. The van der Waals surface area contributed by atoms with Crippen LogP contribution < -0.4 is 10.6 Å². The maximum atomic E-state index is 11.5. The van der Waals surface area contributed by atoms with Crippen LogP contribution in [-0.4, -0.2) is 33.1 Å². The van der Waals surface area contributed by atoms with Gasteiger partial charge < -0.3 is 10.6 Å². The Morgan fingerprint density at radius 1 is 1.44 bits per heavy atom. The smallest absolute Gasteiger partial charge is 0.243 e. The number of hydrogen-bond donors (Lipinski definition) is 2. The van der Waals surface area contributed by atoms with Crippen LogP contribution in [0.2, 0.25) is 0 Å². The van der Waals surface area contributed by atoms with Crippen molar-refractivity contribution in [1.29, 1.82) is 0 Å². The summed E-state index contributed by atoms with van der Waals surface area (Å²) in [5, 5.41) is 9.93. The van der Waals surface area contributed by atoms with Crippen molar-refractivity contribution in [3.63, 3.8) is 0 Å². The van der Waals surface area contributed by atoms with E-state index < -0.39 is 0 Å². The molecule has 0 aliphatic heterocycles. The summed E-state index contributed by atoms with van der Waals surface area (Å²) in [6, 6.07) is 4.00. The molecule has 0 aliphatic rings. The molecule has 0 bridgehead atoms. The van der Waals surface area contributed by atoms with Crippen LogP contribution in [0.4, 0.5) is 5.95 Å². The van der Waals surface area contributed by atoms with Crippen molar-refractivity contribution in [3.8, 4) is 0 Å². The van der Waals surface area contributed by atoms with E-state index in [1.54, 1.807) is 4.52 Å². The average Bonchev–Trinajstić information content (AvgIpc) is 2.67. The average molecular weight is 247 g/mol. The highest BCUT2D eigenvalue weighted by atomic mass is 16.1. The monoisotopic (exact) mass is 247 g/mol. The third-order valence-electron chi connectivity index (χ3n) is 2.34. The number of aromatic nitrogens is 3. The quantitative estimate of drug-likeness (QED) is 0.844. The minimum absolute atomic E-state index is 0.0694. The minimum Gasteiger partial charge on any atom is -0.352 e. The molecule has 0 aliphatic carbocycles. The molecule has 0 radical (unpaired) electrons. The number of anilines is 1. The molecule has 6 heteroatoms. The second-order valence-electron chi connectivity index (χ2n) is 4.52. The molecule has 0 fully saturated rings. The zero-order valence-corrected chi connectivity index (χ0v) is 10.8. The second-order valence-corrected chi connectivity index (χ2v) is 4.52. The number of hydrogen-bond acceptors (Lipinski definition) is 4. The van der Waals surface area contributed by atoms with Gasteiger partial charge in [-0.15, -0.1) is 5.10 Å². The van der Waals surface area contributed by atoms with Gasteiger partial charge in [-0.2, -0.15) is 4.98 Å². The Kier molecular flexibility index (Phi) is 3.45. The summed E-state index contributed by atoms with van der Waals surface area (Å²) >= 11 is 0. The largest absolute Gasteiger partial charge is 0.352 e. The zero-order chi connectivity index (χ0) is 13.1. The first-order valence-electron chi connectivity index (χ1n) is 5.91. The summed E-state index contributed by atoms with van der Waals surface area (Å²) in [6.45, 7) is 6.01. The van der Waals surface area contributed by atoms with E-state index in [1.165, 1.54) is 0 Å². The van der Waals surface area contributed by atoms with Gasteiger partial charge in [0.05, 0.1) is 6.54 Å². The molecule has 2 heterocycles. The van der Waals surface area contributed by atoms with Crippen LogP contribution in [0, 0.1) is 6.92 Å². The van der Waals surface area contributed by atoms with Crippen LogP contribution in [0.25, 0.3) is 5.65 Å². The molecule has 2 aromatic rings. The predicted molar refractivity (Wildman–Crippen MR) is 69.5 cm³/mol. The molecule has 0 aromatic carbocycles. The lowest BCUT2D eigenvalue weighted by Gasteiger charge is -2.07. The number of nitrogens with zero attached hydrogens (tertiary/aromatic N) is 3. The van der Waals surface area contributed by atoms with Gasteiger partial charge in [0.2, 0.25) is 11.9 Å². The Labute approximate surface area is 105 Å². The van der Waals surface area contributed by atoms with Crippen LogP contribution in [0.1, 0.15) is 19.4 Å². The number of nitrogens with one attached hydrogen (secondary N) is 2. The molecular weight excluding hydrogens is 230 g/mol. The van der Waals surface area contributed by atoms with Gasteiger partial charge in [-0.1, -0.05) is 6.07 Å². The van der Waals surface area contributed by atoms with E-state index in [4.69, 9.17) is 0 Å². The molecule has 18 heavy (non-hydrogen) atoms. The van der Waals surface area contributed by atoms with Crippen LogP contribution >= 0.6 is 0 Å². The van der Waals surface area contributed by atoms with Gasteiger partial charge in [-0.05, 0) is 32.4 Å². The number of rotatable bonds is 4. The fourth-order valence-electron chi connectivity index (χ4n) is 1.59. The van der Waals surface area contributed by atoms with Crippen molar-refractivity contribution in [1.82, 2.24) is 19.9 Å².